The van der Waals surface area contributed by atoms with E-state index in [2.05, 4.69) is 5.32 Å². The van der Waals surface area contributed by atoms with E-state index in [0.717, 1.165) is 5.56 Å². The monoisotopic (exact) mass is 260 g/mol. The van der Waals surface area contributed by atoms with Crippen LogP contribution in [0.25, 0.3) is 0 Å². The number of rotatable bonds is 4. The van der Waals surface area contributed by atoms with E-state index in [0.29, 0.717) is 0 Å². The van der Waals surface area contributed by atoms with Crippen LogP contribution in [0.4, 0.5) is 0 Å². The summed E-state index contributed by atoms with van der Waals surface area (Å²) in [7, 11) is 0. The maximum atomic E-state index is 11.9. The van der Waals surface area contributed by atoms with Gasteiger partial charge in [0, 0.05) is 0 Å². The van der Waals surface area contributed by atoms with Crippen LogP contribution in [-0.2, 0) is 0 Å². The number of carbonyl (C=O) groups is 1. The minimum Gasteiger partial charge on any atom is -0.459 e. The summed E-state index contributed by atoms with van der Waals surface area (Å²) in [5.41, 5.74) is 6.49. The van der Waals surface area contributed by atoms with E-state index in [1.807, 2.05) is 30.3 Å². The van der Waals surface area contributed by atoms with Gasteiger partial charge in [0.25, 0.3) is 5.91 Å². The summed E-state index contributed by atoms with van der Waals surface area (Å²) >= 11 is 4.98. The summed E-state index contributed by atoms with van der Waals surface area (Å²) in [5, 5.41) is 2.74. The highest BCUT2D eigenvalue weighted by atomic mass is 32.1. The Hall–Kier alpha value is -2.14. The fourth-order valence-electron chi connectivity index (χ4n) is 1.57. The molecule has 1 heterocycles. The normalized spacial score (nSPS) is 11.8. The molecule has 1 aromatic carbocycles. The van der Waals surface area contributed by atoms with Gasteiger partial charge >= 0.3 is 0 Å². The van der Waals surface area contributed by atoms with Crippen LogP contribution in [0.1, 0.15) is 22.2 Å². The maximum absolute atomic E-state index is 11.9. The molecule has 18 heavy (non-hydrogen) atoms. The Morgan fingerprint density at radius 3 is 2.50 bits per heavy atom. The minimum atomic E-state index is -0.501. The second-order valence-electron chi connectivity index (χ2n) is 3.70. The molecule has 0 fully saturated rings. The molecule has 0 aliphatic rings. The second-order valence-corrected chi connectivity index (χ2v) is 4.17. The molecule has 3 N–H and O–H groups in total. The van der Waals surface area contributed by atoms with Crippen LogP contribution >= 0.6 is 12.2 Å². The van der Waals surface area contributed by atoms with Crippen molar-refractivity contribution in [2.75, 3.05) is 0 Å². The molecule has 2 aromatic rings. The quantitative estimate of drug-likeness (QED) is 0.825. The standard InChI is InChI=1S/C13H12N2O2S/c14-12(18)11(9-5-2-1-3-6-9)15-13(16)10-7-4-8-17-10/h1-8,11H,(H2,14,18)(H,15,16). The van der Waals surface area contributed by atoms with Crippen molar-refractivity contribution in [3.8, 4) is 0 Å². The molecule has 1 atom stereocenters. The molecule has 0 bridgehead atoms. The predicted molar refractivity (Wildman–Crippen MR) is 72.1 cm³/mol. The molecule has 0 saturated heterocycles. The van der Waals surface area contributed by atoms with Crippen LogP contribution in [0.3, 0.4) is 0 Å². The fourth-order valence-corrected chi connectivity index (χ4v) is 1.77. The average Bonchev–Trinajstić information content (AvgIpc) is 2.90. The van der Waals surface area contributed by atoms with Crippen molar-refractivity contribution in [2.45, 2.75) is 6.04 Å². The molecule has 2 rings (SSSR count). The number of hydrogen-bond donors (Lipinski definition) is 2. The number of carbonyl (C=O) groups excluding carboxylic acids is 1. The van der Waals surface area contributed by atoms with Crippen LogP contribution in [-0.4, -0.2) is 10.9 Å². The first-order valence-electron chi connectivity index (χ1n) is 5.37. The van der Waals surface area contributed by atoms with E-state index < -0.39 is 6.04 Å². The van der Waals surface area contributed by atoms with Crippen LogP contribution in [0, 0.1) is 0 Å². The van der Waals surface area contributed by atoms with Crippen molar-refractivity contribution in [3.05, 3.63) is 60.1 Å². The lowest BCUT2D eigenvalue weighted by Gasteiger charge is -2.17. The Morgan fingerprint density at radius 2 is 1.94 bits per heavy atom. The molecule has 1 unspecified atom stereocenters. The Morgan fingerprint density at radius 1 is 1.22 bits per heavy atom. The molecule has 92 valence electrons. The number of furan rings is 1. The first kappa shape index (κ1) is 12.3. The third-order valence-corrected chi connectivity index (χ3v) is 2.67. The molecule has 0 aliphatic heterocycles. The lowest BCUT2D eigenvalue weighted by Crippen LogP contribution is -2.36. The molecule has 0 spiro atoms. The van der Waals surface area contributed by atoms with Crippen molar-refractivity contribution in [3.63, 3.8) is 0 Å². The summed E-state index contributed by atoms with van der Waals surface area (Å²) in [5.74, 6) is -0.117. The molecule has 5 heteroatoms. The lowest BCUT2D eigenvalue weighted by molar-refractivity contribution is 0.0919. The number of nitrogens with two attached hydrogens (primary N) is 1. The number of hydrogen-bond acceptors (Lipinski definition) is 3. The summed E-state index contributed by atoms with van der Waals surface area (Å²) in [6, 6.07) is 12.0. The van der Waals surface area contributed by atoms with Gasteiger partial charge in [0.15, 0.2) is 5.76 Å². The van der Waals surface area contributed by atoms with Gasteiger partial charge in [0.1, 0.15) is 11.0 Å². The summed E-state index contributed by atoms with van der Waals surface area (Å²) in [6.07, 6.45) is 1.44. The molecular weight excluding hydrogens is 248 g/mol. The third kappa shape index (κ3) is 2.75. The molecule has 0 saturated carbocycles. The van der Waals surface area contributed by atoms with Crippen LogP contribution < -0.4 is 11.1 Å². The first-order valence-corrected chi connectivity index (χ1v) is 5.78. The zero-order chi connectivity index (χ0) is 13.0. The molecule has 1 amide bonds. The van der Waals surface area contributed by atoms with Gasteiger partial charge < -0.3 is 15.5 Å². The molecule has 0 aliphatic carbocycles. The van der Waals surface area contributed by atoms with Gasteiger partial charge in [-0.1, -0.05) is 42.5 Å². The van der Waals surface area contributed by atoms with Crippen LogP contribution in [0.2, 0.25) is 0 Å². The van der Waals surface area contributed by atoms with E-state index in [1.165, 1.54) is 6.26 Å². The molecule has 4 nitrogen and oxygen atoms in total. The van der Waals surface area contributed by atoms with Gasteiger partial charge in [-0.05, 0) is 17.7 Å². The Kier molecular flexibility index (Phi) is 3.74. The smallest absolute Gasteiger partial charge is 0.287 e. The van der Waals surface area contributed by atoms with Gasteiger partial charge in [0.2, 0.25) is 0 Å². The zero-order valence-corrected chi connectivity index (χ0v) is 10.3. The van der Waals surface area contributed by atoms with Crippen molar-refractivity contribution in [1.29, 1.82) is 0 Å². The summed E-state index contributed by atoms with van der Waals surface area (Å²) < 4.78 is 5.02. The van der Waals surface area contributed by atoms with Gasteiger partial charge in [0.05, 0.1) is 6.26 Å². The first-order chi connectivity index (χ1) is 8.68. The van der Waals surface area contributed by atoms with Crippen molar-refractivity contribution >= 4 is 23.1 Å². The van der Waals surface area contributed by atoms with Crippen LogP contribution in [0.5, 0.6) is 0 Å². The highest BCUT2D eigenvalue weighted by Gasteiger charge is 2.19. The van der Waals surface area contributed by atoms with Crippen LogP contribution in [0.15, 0.2) is 53.1 Å². The largest absolute Gasteiger partial charge is 0.459 e. The van der Waals surface area contributed by atoms with Crippen molar-refractivity contribution in [1.82, 2.24) is 5.32 Å². The number of thiocarbonyl (C=S) groups is 1. The topological polar surface area (TPSA) is 68.3 Å². The third-order valence-electron chi connectivity index (χ3n) is 2.44. The number of amides is 1. The molecule has 0 radical (unpaired) electrons. The molecular formula is C13H12N2O2S. The SMILES string of the molecule is NC(=S)C(NC(=O)c1ccco1)c1ccccc1. The van der Waals surface area contributed by atoms with Gasteiger partial charge in [-0.25, -0.2) is 0 Å². The Labute approximate surface area is 110 Å². The fraction of sp³-hybridized carbons (Fsp3) is 0.0769. The molecule has 1 aromatic heterocycles. The average molecular weight is 260 g/mol. The maximum Gasteiger partial charge on any atom is 0.287 e. The summed E-state index contributed by atoms with van der Waals surface area (Å²) in [4.78, 5) is 12.1. The van der Waals surface area contributed by atoms with E-state index in [4.69, 9.17) is 22.4 Å². The van der Waals surface area contributed by atoms with E-state index in [1.54, 1.807) is 12.1 Å². The highest BCUT2D eigenvalue weighted by Crippen LogP contribution is 2.14. The second kappa shape index (κ2) is 5.46. The van der Waals surface area contributed by atoms with E-state index in [9.17, 15) is 4.79 Å². The van der Waals surface area contributed by atoms with E-state index in [-0.39, 0.29) is 16.7 Å². The van der Waals surface area contributed by atoms with Crippen molar-refractivity contribution < 1.29 is 9.21 Å². The minimum absolute atomic E-state index is 0.209. The summed E-state index contributed by atoms with van der Waals surface area (Å²) in [6.45, 7) is 0. The predicted octanol–water partition coefficient (Wildman–Crippen LogP) is 2.04. The Bertz CT molecular complexity index is 537. The lowest BCUT2D eigenvalue weighted by atomic mass is 10.1. The number of nitrogens with one attached hydrogen (secondary N) is 1. The van der Waals surface area contributed by atoms with E-state index >= 15 is 0 Å². The van der Waals surface area contributed by atoms with Gasteiger partial charge in [-0.3, -0.25) is 4.79 Å². The van der Waals surface area contributed by atoms with Gasteiger partial charge in [-0.2, -0.15) is 0 Å². The Balaban J connectivity index is 2.18. The van der Waals surface area contributed by atoms with Crippen molar-refractivity contribution in [2.24, 2.45) is 5.73 Å². The zero-order valence-electron chi connectivity index (χ0n) is 9.50. The van der Waals surface area contributed by atoms with Gasteiger partial charge in [-0.15, -0.1) is 0 Å². The highest BCUT2D eigenvalue weighted by molar-refractivity contribution is 7.80. The number of benzene rings is 1.